The lowest BCUT2D eigenvalue weighted by Gasteiger charge is -2.04. The second-order valence-electron chi connectivity index (χ2n) is 3.48. The molecular formula is C10H8BrFN2O3S. The summed E-state index contributed by atoms with van der Waals surface area (Å²) in [6, 6.07) is 3.33. The Bertz CT molecular complexity index is 684. The van der Waals surface area contributed by atoms with Crippen LogP contribution in [0.25, 0.3) is 0 Å². The van der Waals surface area contributed by atoms with Crippen molar-refractivity contribution < 1.29 is 17.2 Å². The van der Waals surface area contributed by atoms with E-state index in [1.54, 1.807) is 6.92 Å². The minimum absolute atomic E-state index is 0.157. The number of aryl methyl sites for hydroxylation is 1. The van der Waals surface area contributed by atoms with Crippen molar-refractivity contribution in [2.45, 2.75) is 11.8 Å². The Labute approximate surface area is 111 Å². The molecule has 1 N–H and O–H groups in total. The van der Waals surface area contributed by atoms with Gasteiger partial charge in [-0.3, -0.25) is 0 Å². The monoisotopic (exact) mass is 334 g/mol. The molecule has 18 heavy (non-hydrogen) atoms. The third kappa shape index (κ3) is 2.70. The third-order valence-electron chi connectivity index (χ3n) is 2.04. The van der Waals surface area contributed by atoms with Crippen LogP contribution in [0.2, 0.25) is 0 Å². The van der Waals surface area contributed by atoms with Gasteiger partial charge in [-0.05, 0) is 41.1 Å². The zero-order chi connectivity index (χ0) is 13.3. The Morgan fingerprint density at radius 1 is 1.44 bits per heavy atom. The van der Waals surface area contributed by atoms with Crippen LogP contribution >= 0.6 is 15.9 Å². The van der Waals surface area contributed by atoms with Gasteiger partial charge in [0.05, 0.1) is 15.1 Å². The van der Waals surface area contributed by atoms with E-state index < -0.39 is 15.8 Å². The first-order chi connectivity index (χ1) is 8.38. The van der Waals surface area contributed by atoms with Gasteiger partial charge in [0.1, 0.15) is 12.1 Å². The molecule has 96 valence electrons. The molecule has 0 fully saturated rings. The van der Waals surface area contributed by atoms with Gasteiger partial charge in [0.2, 0.25) is 0 Å². The third-order valence-corrected chi connectivity index (χ3v) is 4.00. The topological polar surface area (TPSA) is 72.2 Å². The summed E-state index contributed by atoms with van der Waals surface area (Å²) >= 11 is 2.95. The van der Waals surface area contributed by atoms with Gasteiger partial charge >= 0.3 is 6.01 Å². The summed E-state index contributed by atoms with van der Waals surface area (Å²) in [5.74, 6) is -0.665. The summed E-state index contributed by atoms with van der Waals surface area (Å²) in [5.41, 5.74) is 0.537. The van der Waals surface area contributed by atoms with Crippen LogP contribution in [-0.2, 0) is 10.0 Å². The van der Waals surface area contributed by atoms with Crippen LogP contribution in [0.3, 0.4) is 0 Å². The van der Waals surface area contributed by atoms with Crippen molar-refractivity contribution in [2.24, 2.45) is 0 Å². The molecule has 1 aromatic heterocycles. The molecule has 0 unspecified atom stereocenters. The van der Waals surface area contributed by atoms with E-state index in [-0.39, 0.29) is 15.4 Å². The highest BCUT2D eigenvalue weighted by molar-refractivity contribution is 9.10. The Hall–Kier alpha value is -1.41. The van der Waals surface area contributed by atoms with Crippen molar-refractivity contribution in [3.8, 4) is 0 Å². The number of aromatic nitrogens is 1. The maximum Gasteiger partial charge on any atom is 0.309 e. The van der Waals surface area contributed by atoms with Gasteiger partial charge in [-0.25, -0.2) is 17.5 Å². The molecule has 5 nitrogen and oxygen atoms in total. The summed E-state index contributed by atoms with van der Waals surface area (Å²) in [5, 5.41) is 0. The highest BCUT2D eigenvalue weighted by Gasteiger charge is 2.18. The van der Waals surface area contributed by atoms with Crippen LogP contribution in [0.15, 0.2) is 38.2 Å². The fourth-order valence-corrected chi connectivity index (χ4v) is 2.41. The molecule has 0 saturated heterocycles. The van der Waals surface area contributed by atoms with Crippen molar-refractivity contribution in [1.29, 1.82) is 0 Å². The van der Waals surface area contributed by atoms with Crippen LogP contribution in [-0.4, -0.2) is 13.4 Å². The Morgan fingerprint density at radius 2 is 2.17 bits per heavy atom. The number of sulfonamides is 1. The molecule has 0 radical (unpaired) electrons. The number of nitrogens with one attached hydrogen (secondary N) is 1. The van der Waals surface area contributed by atoms with Gasteiger partial charge in [-0.2, -0.15) is 4.98 Å². The smallest absolute Gasteiger partial charge is 0.309 e. The summed E-state index contributed by atoms with van der Waals surface area (Å²) < 4.78 is 44.2. The van der Waals surface area contributed by atoms with Crippen molar-refractivity contribution in [3.63, 3.8) is 0 Å². The quantitative estimate of drug-likeness (QED) is 0.936. The van der Waals surface area contributed by atoms with Crippen molar-refractivity contribution in [3.05, 3.63) is 40.4 Å². The molecule has 2 aromatic rings. The highest BCUT2D eigenvalue weighted by atomic mass is 79.9. The van der Waals surface area contributed by atoms with Gasteiger partial charge in [-0.1, -0.05) is 0 Å². The molecule has 0 bridgehead atoms. The number of nitrogens with zero attached hydrogens (tertiary/aromatic N) is 1. The normalized spacial score (nSPS) is 11.5. The summed E-state index contributed by atoms with van der Waals surface area (Å²) in [7, 11) is -3.91. The summed E-state index contributed by atoms with van der Waals surface area (Å²) in [6.45, 7) is 1.65. The Balaban J connectivity index is 2.33. The molecule has 1 heterocycles. The molecule has 0 amide bonds. The fourth-order valence-electron chi connectivity index (χ4n) is 1.22. The molecule has 0 aliphatic carbocycles. The molecule has 8 heteroatoms. The van der Waals surface area contributed by atoms with E-state index in [0.29, 0.717) is 5.69 Å². The molecule has 0 atom stereocenters. The number of halogens is 2. The van der Waals surface area contributed by atoms with Crippen LogP contribution in [0.4, 0.5) is 10.4 Å². The number of rotatable bonds is 3. The summed E-state index contributed by atoms with van der Waals surface area (Å²) in [4.78, 5) is 3.59. The highest BCUT2D eigenvalue weighted by Crippen LogP contribution is 2.21. The summed E-state index contributed by atoms with van der Waals surface area (Å²) in [6.07, 6.45) is 1.31. The molecule has 0 spiro atoms. The minimum atomic E-state index is -3.91. The predicted octanol–water partition coefficient (Wildman–Crippen LogP) is 2.69. The number of benzene rings is 1. The van der Waals surface area contributed by atoms with Gasteiger partial charge < -0.3 is 4.42 Å². The molecule has 2 rings (SSSR count). The maximum atomic E-state index is 13.3. The minimum Gasteiger partial charge on any atom is -0.431 e. The molecule has 0 aliphatic rings. The van der Waals surface area contributed by atoms with Crippen molar-refractivity contribution in [2.75, 3.05) is 4.72 Å². The van der Waals surface area contributed by atoms with E-state index >= 15 is 0 Å². The van der Waals surface area contributed by atoms with Gasteiger partial charge in [0.25, 0.3) is 10.0 Å². The van der Waals surface area contributed by atoms with E-state index in [2.05, 4.69) is 25.6 Å². The zero-order valence-corrected chi connectivity index (χ0v) is 11.5. The van der Waals surface area contributed by atoms with Crippen LogP contribution in [0, 0.1) is 12.7 Å². The average molecular weight is 335 g/mol. The maximum absolute atomic E-state index is 13.3. The van der Waals surface area contributed by atoms with E-state index in [9.17, 15) is 12.8 Å². The Kier molecular flexibility index (Phi) is 3.40. The number of hydrogen-bond donors (Lipinski definition) is 1. The van der Waals surface area contributed by atoms with Crippen LogP contribution < -0.4 is 4.72 Å². The van der Waals surface area contributed by atoms with Gasteiger partial charge in [-0.15, -0.1) is 0 Å². The second kappa shape index (κ2) is 4.69. The first kappa shape index (κ1) is 13.0. The predicted molar refractivity (Wildman–Crippen MR) is 66.1 cm³/mol. The molecule has 1 aromatic carbocycles. The fraction of sp³-hybridized carbons (Fsp3) is 0.100. The Morgan fingerprint density at radius 3 is 2.72 bits per heavy atom. The molecular weight excluding hydrogens is 327 g/mol. The van der Waals surface area contributed by atoms with Gasteiger partial charge in [0, 0.05) is 0 Å². The van der Waals surface area contributed by atoms with E-state index in [1.807, 2.05) is 0 Å². The number of hydrogen-bond acceptors (Lipinski definition) is 4. The molecule has 0 aliphatic heterocycles. The van der Waals surface area contributed by atoms with Gasteiger partial charge in [0.15, 0.2) is 0 Å². The average Bonchev–Trinajstić information content (AvgIpc) is 2.67. The lowest BCUT2D eigenvalue weighted by atomic mass is 10.3. The molecule has 0 saturated carbocycles. The first-order valence-corrected chi connectivity index (χ1v) is 7.06. The number of oxazole rings is 1. The lowest BCUT2D eigenvalue weighted by molar-refractivity contribution is 0.568. The van der Waals surface area contributed by atoms with E-state index in [4.69, 9.17) is 4.42 Å². The van der Waals surface area contributed by atoms with Crippen molar-refractivity contribution >= 4 is 32.0 Å². The standard InChI is InChI=1S/C10H8BrFN2O3S/c1-6-5-17-10(13-6)14-18(15,16)7-2-3-8(11)9(12)4-7/h2-5H,1H3,(H,13,14). The zero-order valence-electron chi connectivity index (χ0n) is 9.15. The van der Waals surface area contributed by atoms with E-state index in [1.165, 1.54) is 18.4 Å². The SMILES string of the molecule is Cc1coc(NS(=O)(=O)c2ccc(Br)c(F)c2)n1. The van der Waals surface area contributed by atoms with Crippen LogP contribution in [0.5, 0.6) is 0 Å². The lowest BCUT2D eigenvalue weighted by Crippen LogP contribution is -2.13. The second-order valence-corrected chi connectivity index (χ2v) is 6.01. The number of anilines is 1. The first-order valence-electron chi connectivity index (χ1n) is 4.78. The largest absolute Gasteiger partial charge is 0.431 e. The van der Waals surface area contributed by atoms with Crippen LogP contribution in [0.1, 0.15) is 5.69 Å². The van der Waals surface area contributed by atoms with E-state index in [0.717, 1.165) is 6.07 Å². The van der Waals surface area contributed by atoms with Crippen molar-refractivity contribution in [1.82, 2.24) is 4.98 Å².